The van der Waals surface area contributed by atoms with Crippen LogP contribution in [0, 0.1) is 0 Å². The van der Waals surface area contributed by atoms with Gasteiger partial charge in [0.1, 0.15) is 5.75 Å². The van der Waals surface area contributed by atoms with Crippen LogP contribution in [0.5, 0.6) is 5.75 Å². The van der Waals surface area contributed by atoms with Crippen LogP contribution in [0.1, 0.15) is 29.0 Å². The molecular weight excluding hydrogens is 324 g/mol. The lowest BCUT2D eigenvalue weighted by Gasteiger charge is -2.18. The molecule has 4 heteroatoms. The number of nitrogens with zero attached hydrogens (tertiary/aromatic N) is 1. The second kappa shape index (κ2) is 8.81. The molecule has 0 saturated heterocycles. The number of carbonyl (C=O) groups excluding carboxylic acids is 1. The number of benzene rings is 2. The number of hydrogen-bond donors (Lipinski definition) is 1. The number of pyridine rings is 1. The standard InChI is InChI=1S/C22H22N2O2/c1-26-20-9-7-19(8-10-20)21(18-5-3-2-4-6-18)15-22(25)24-16-17-11-13-23-14-12-17/h2-14,21H,15-16H2,1H3,(H,24,25). The van der Waals surface area contributed by atoms with E-state index in [9.17, 15) is 4.79 Å². The molecule has 132 valence electrons. The smallest absolute Gasteiger partial charge is 0.221 e. The summed E-state index contributed by atoms with van der Waals surface area (Å²) in [5, 5.41) is 3.00. The van der Waals surface area contributed by atoms with Gasteiger partial charge in [-0.3, -0.25) is 9.78 Å². The normalized spacial score (nSPS) is 11.6. The number of carbonyl (C=O) groups is 1. The van der Waals surface area contributed by atoms with Gasteiger partial charge in [0.25, 0.3) is 0 Å². The third-order valence-electron chi connectivity index (χ3n) is 4.35. The first kappa shape index (κ1) is 17.7. The van der Waals surface area contributed by atoms with Crippen LogP contribution in [0.15, 0.2) is 79.1 Å². The Balaban J connectivity index is 1.74. The van der Waals surface area contributed by atoms with Gasteiger partial charge in [0.2, 0.25) is 5.91 Å². The summed E-state index contributed by atoms with van der Waals surface area (Å²) >= 11 is 0. The lowest BCUT2D eigenvalue weighted by Crippen LogP contribution is -2.25. The van der Waals surface area contributed by atoms with E-state index in [1.54, 1.807) is 19.5 Å². The monoisotopic (exact) mass is 346 g/mol. The second-order valence-electron chi connectivity index (χ2n) is 6.07. The van der Waals surface area contributed by atoms with Crippen LogP contribution in [0.25, 0.3) is 0 Å². The molecule has 1 unspecified atom stereocenters. The molecule has 1 atom stereocenters. The number of ether oxygens (including phenoxy) is 1. The minimum absolute atomic E-state index is 0.000420. The highest BCUT2D eigenvalue weighted by Gasteiger charge is 2.18. The van der Waals surface area contributed by atoms with E-state index >= 15 is 0 Å². The van der Waals surface area contributed by atoms with E-state index in [-0.39, 0.29) is 11.8 Å². The molecule has 0 bridgehead atoms. The van der Waals surface area contributed by atoms with E-state index in [1.165, 1.54) is 0 Å². The predicted octanol–water partition coefficient (Wildman–Crippen LogP) is 3.93. The van der Waals surface area contributed by atoms with Crippen molar-refractivity contribution < 1.29 is 9.53 Å². The maximum absolute atomic E-state index is 12.5. The third kappa shape index (κ3) is 4.70. The van der Waals surface area contributed by atoms with Crippen molar-refractivity contribution in [1.82, 2.24) is 10.3 Å². The Morgan fingerprint density at radius 3 is 2.27 bits per heavy atom. The molecule has 0 fully saturated rings. The van der Waals surface area contributed by atoms with Crippen LogP contribution < -0.4 is 10.1 Å². The Labute approximate surface area is 153 Å². The zero-order chi connectivity index (χ0) is 18.2. The lowest BCUT2D eigenvalue weighted by atomic mass is 9.88. The summed E-state index contributed by atoms with van der Waals surface area (Å²) < 4.78 is 5.24. The first-order valence-electron chi connectivity index (χ1n) is 8.61. The second-order valence-corrected chi connectivity index (χ2v) is 6.07. The molecule has 0 aliphatic rings. The number of hydrogen-bond acceptors (Lipinski definition) is 3. The van der Waals surface area contributed by atoms with Crippen LogP contribution >= 0.6 is 0 Å². The predicted molar refractivity (Wildman–Crippen MR) is 102 cm³/mol. The van der Waals surface area contributed by atoms with Gasteiger partial charge < -0.3 is 10.1 Å². The van der Waals surface area contributed by atoms with E-state index in [4.69, 9.17) is 4.74 Å². The summed E-state index contributed by atoms with van der Waals surface area (Å²) in [5.74, 6) is 0.828. The molecule has 1 aromatic heterocycles. The molecule has 1 heterocycles. The zero-order valence-electron chi connectivity index (χ0n) is 14.8. The molecule has 1 N–H and O–H groups in total. The summed E-state index contributed by atoms with van der Waals surface area (Å²) in [5.41, 5.74) is 3.25. The molecule has 4 nitrogen and oxygen atoms in total. The molecule has 0 saturated carbocycles. The minimum atomic E-state index is -0.000420. The summed E-state index contributed by atoms with van der Waals surface area (Å²) in [4.78, 5) is 16.5. The highest BCUT2D eigenvalue weighted by atomic mass is 16.5. The summed E-state index contributed by atoms with van der Waals surface area (Å²) in [6.45, 7) is 0.505. The van der Waals surface area contributed by atoms with Crippen molar-refractivity contribution in [2.24, 2.45) is 0 Å². The first-order valence-corrected chi connectivity index (χ1v) is 8.61. The van der Waals surface area contributed by atoms with Gasteiger partial charge in [-0.05, 0) is 41.0 Å². The number of rotatable bonds is 7. The highest BCUT2D eigenvalue weighted by Crippen LogP contribution is 2.29. The van der Waals surface area contributed by atoms with Crippen LogP contribution in [-0.2, 0) is 11.3 Å². The van der Waals surface area contributed by atoms with Crippen LogP contribution in [0.3, 0.4) is 0 Å². The Bertz CT molecular complexity index is 818. The van der Waals surface area contributed by atoms with Gasteiger partial charge in [0.05, 0.1) is 7.11 Å². The first-order chi connectivity index (χ1) is 12.8. The molecule has 3 aromatic rings. The summed E-state index contributed by atoms with van der Waals surface area (Å²) in [6, 6.07) is 21.8. The topological polar surface area (TPSA) is 51.2 Å². The fourth-order valence-corrected chi connectivity index (χ4v) is 2.91. The van der Waals surface area contributed by atoms with Crippen molar-refractivity contribution in [2.45, 2.75) is 18.9 Å². The van der Waals surface area contributed by atoms with Gasteiger partial charge in [0, 0.05) is 31.3 Å². The van der Waals surface area contributed by atoms with E-state index in [0.29, 0.717) is 13.0 Å². The highest BCUT2D eigenvalue weighted by molar-refractivity contribution is 5.77. The summed E-state index contributed by atoms with van der Waals surface area (Å²) in [6.07, 6.45) is 3.85. The van der Waals surface area contributed by atoms with Crippen LogP contribution in [0.2, 0.25) is 0 Å². The molecule has 1 amide bonds. The molecule has 3 rings (SSSR count). The van der Waals surface area contributed by atoms with Crippen molar-refractivity contribution in [2.75, 3.05) is 7.11 Å². The Morgan fingerprint density at radius 1 is 0.962 bits per heavy atom. The third-order valence-corrected chi connectivity index (χ3v) is 4.35. The van der Waals surface area contributed by atoms with Gasteiger partial charge in [-0.1, -0.05) is 42.5 Å². The average molecular weight is 346 g/mol. The van der Waals surface area contributed by atoms with Crippen molar-refractivity contribution in [1.29, 1.82) is 0 Å². The number of amides is 1. The van der Waals surface area contributed by atoms with E-state index in [0.717, 1.165) is 22.4 Å². The van der Waals surface area contributed by atoms with Gasteiger partial charge in [-0.25, -0.2) is 0 Å². The van der Waals surface area contributed by atoms with Crippen molar-refractivity contribution in [3.8, 4) is 5.75 Å². The van der Waals surface area contributed by atoms with Gasteiger partial charge >= 0.3 is 0 Å². The number of aromatic nitrogens is 1. The Kier molecular flexibility index (Phi) is 5.99. The lowest BCUT2D eigenvalue weighted by molar-refractivity contribution is -0.121. The van der Waals surface area contributed by atoms with Gasteiger partial charge in [-0.2, -0.15) is 0 Å². The van der Waals surface area contributed by atoms with Gasteiger partial charge in [-0.15, -0.1) is 0 Å². The molecule has 26 heavy (non-hydrogen) atoms. The fraction of sp³-hybridized carbons (Fsp3) is 0.182. The van der Waals surface area contributed by atoms with Crippen molar-refractivity contribution >= 4 is 5.91 Å². The minimum Gasteiger partial charge on any atom is -0.497 e. The zero-order valence-corrected chi connectivity index (χ0v) is 14.8. The SMILES string of the molecule is COc1ccc(C(CC(=O)NCc2ccncc2)c2ccccc2)cc1. The molecule has 0 aliphatic heterocycles. The van der Waals surface area contributed by atoms with E-state index in [1.807, 2.05) is 54.6 Å². The van der Waals surface area contributed by atoms with Crippen molar-refractivity contribution in [3.63, 3.8) is 0 Å². The van der Waals surface area contributed by atoms with Crippen LogP contribution in [0.4, 0.5) is 0 Å². The summed E-state index contributed by atoms with van der Waals surface area (Å²) in [7, 11) is 1.65. The molecule has 0 aliphatic carbocycles. The Morgan fingerprint density at radius 2 is 1.62 bits per heavy atom. The maximum Gasteiger partial charge on any atom is 0.221 e. The fourth-order valence-electron chi connectivity index (χ4n) is 2.91. The van der Waals surface area contributed by atoms with Crippen LogP contribution in [-0.4, -0.2) is 18.0 Å². The molecule has 0 spiro atoms. The van der Waals surface area contributed by atoms with E-state index in [2.05, 4.69) is 22.4 Å². The molecular formula is C22H22N2O2. The average Bonchev–Trinajstić information content (AvgIpc) is 2.72. The van der Waals surface area contributed by atoms with Crippen molar-refractivity contribution in [3.05, 3.63) is 95.8 Å². The largest absolute Gasteiger partial charge is 0.497 e. The number of nitrogens with one attached hydrogen (secondary N) is 1. The van der Waals surface area contributed by atoms with Gasteiger partial charge in [0.15, 0.2) is 0 Å². The quantitative estimate of drug-likeness (QED) is 0.705. The molecule has 0 radical (unpaired) electrons. The maximum atomic E-state index is 12.5. The number of methoxy groups -OCH3 is 1. The Hall–Kier alpha value is -3.14. The van der Waals surface area contributed by atoms with E-state index < -0.39 is 0 Å². The molecule has 2 aromatic carbocycles.